The minimum Gasteiger partial charge on any atom is -0.480 e. The van der Waals surface area contributed by atoms with Crippen LogP contribution in [-0.4, -0.2) is 46.9 Å². The Labute approximate surface area is 101 Å². The quantitative estimate of drug-likeness (QED) is 0.577. The maximum Gasteiger partial charge on any atom is 0.325 e. The van der Waals surface area contributed by atoms with E-state index in [4.69, 9.17) is 5.11 Å². The zero-order chi connectivity index (χ0) is 13.9. The van der Waals surface area contributed by atoms with E-state index in [-0.39, 0.29) is 6.54 Å². The molecule has 0 saturated heterocycles. The van der Waals surface area contributed by atoms with Gasteiger partial charge in [-0.2, -0.15) is 4.31 Å². The lowest BCUT2D eigenvalue weighted by Gasteiger charge is -2.17. The molecule has 0 aliphatic rings. The molecule has 0 aromatic carbocycles. The predicted molar refractivity (Wildman–Crippen MR) is 59.8 cm³/mol. The van der Waals surface area contributed by atoms with Crippen molar-refractivity contribution in [2.24, 2.45) is 0 Å². The van der Waals surface area contributed by atoms with Gasteiger partial charge < -0.3 is 10.1 Å². The summed E-state index contributed by atoms with van der Waals surface area (Å²) in [5.74, 6) is -1.35. The normalized spacial score (nSPS) is 11.7. The Morgan fingerprint density at radius 2 is 2.06 bits per heavy atom. The fourth-order valence-corrected chi connectivity index (χ4v) is 2.64. The van der Waals surface area contributed by atoms with Crippen molar-refractivity contribution in [2.45, 2.75) is 11.8 Å². The second kappa shape index (κ2) is 5.14. The number of aliphatic carboxylic acids is 1. The van der Waals surface area contributed by atoms with Gasteiger partial charge in [0.2, 0.25) is 0 Å². The zero-order valence-electron chi connectivity index (χ0n) is 9.34. The second-order valence-electron chi connectivity index (χ2n) is 3.26. The molecule has 1 heterocycles. The lowest BCUT2D eigenvalue weighted by molar-refractivity contribution is -0.137. The van der Waals surface area contributed by atoms with Gasteiger partial charge in [-0.3, -0.25) is 14.6 Å². The fraction of sp³-hybridized carbons (Fsp3) is 0.375. The van der Waals surface area contributed by atoms with Crippen molar-refractivity contribution in [2.75, 3.05) is 13.1 Å². The minimum atomic E-state index is -4.26. The van der Waals surface area contributed by atoms with Crippen LogP contribution in [0.4, 0.5) is 0 Å². The van der Waals surface area contributed by atoms with E-state index in [1.807, 2.05) is 4.98 Å². The van der Waals surface area contributed by atoms with Crippen molar-refractivity contribution in [1.82, 2.24) is 14.3 Å². The van der Waals surface area contributed by atoms with E-state index in [1.54, 1.807) is 4.98 Å². The van der Waals surface area contributed by atoms with Crippen LogP contribution in [0, 0.1) is 0 Å². The third-order valence-electron chi connectivity index (χ3n) is 2.07. The maximum atomic E-state index is 12.0. The van der Waals surface area contributed by atoms with Gasteiger partial charge in [0.25, 0.3) is 15.6 Å². The lowest BCUT2D eigenvalue weighted by Crippen LogP contribution is -2.39. The topological polar surface area (TPSA) is 140 Å². The standard InChI is InChI=1S/C8H11N3O6S/c1-2-11(4-6(12)13)18(16,17)5-3-9-8(15)10-7(5)14/h3H,2,4H2,1H3,(H,12,13)(H2,9,10,14,15). The van der Waals surface area contributed by atoms with Crippen LogP contribution in [0.3, 0.4) is 0 Å². The fourth-order valence-electron chi connectivity index (χ4n) is 1.25. The number of carbonyl (C=O) groups is 1. The number of aromatic nitrogens is 2. The third-order valence-corrected chi connectivity index (χ3v) is 3.99. The molecule has 1 rings (SSSR count). The first-order chi connectivity index (χ1) is 8.28. The Hall–Kier alpha value is -1.94. The van der Waals surface area contributed by atoms with Gasteiger partial charge in [-0.25, -0.2) is 13.2 Å². The highest BCUT2D eigenvalue weighted by Crippen LogP contribution is 2.08. The van der Waals surface area contributed by atoms with E-state index in [2.05, 4.69) is 0 Å². The first kappa shape index (κ1) is 14.1. The number of carboxylic acids is 1. The summed E-state index contributed by atoms with van der Waals surface area (Å²) in [6.45, 7) is 0.547. The molecular weight excluding hydrogens is 266 g/mol. The molecule has 0 aliphatic carbocycles. The zero-order valence-corrected chi connectivity index (χ0v) is 10.2. The van der Waals surface area contributed by atoms with Crippen molar-refractivity contribution in [3.63, 3.8) is 0 Å². The molecule has 3 N–H and O–H groups in total. The number of likely N-dealkylation sites (N-methyl/N-ethyl adjacent to an activating group) is 1. The van der Waals surface area contributed by atoms with Crippen LogP contribution in [0.15, 0.2) is 20.7 Å². The number of hydrogen-bond donors (Lipinski definition) is 3. The van der Waals surface area contributed by atoms with Gasteiger partial charge >= 0.3 is 11.7 Å². The van der Waals surface area contributed by atoms with Gasteiger partial charge in [-0.15, -0.1) is 0 Å². The Balaban J connectivity index is 3.31. The van der Waals surface area contributed by atoms with Crippen molar-refractivity contribution >= 4 is 16.0 Å². The largest absolute Gasteiger partial charge is 0.480 e. The van der Waals surface area contributed by atoms with E-state index in [0.717, 1.165) is 6.20 Å². The van der Waals surface area contributed by atoms with Gasteiger partial charge in [0, 0.05) is 12.7 Å². The smallest absolute Gasteiger partial charge is 0.325 e. The highest BCUT2D eigenvalue weighted by atomic mass is 32.2. The molecular formula is C8H11N3O6S. The summed E-state index contributed by atoms with van der Waals surface area (Å²) in [5.41, 5.74) is -1.94. The van der Waals surface area contributed by atoms with Gasteiger partial charge in [0.05, 0.1) is 0 Å². The van der Waals surface area contributed by atoms with Gasteiger partial charge in [-0.05, 0) is 0 Å². The monoisotopic (exact) mass is 277 g/mol. The average molecular weight is 277 g/mol. The number of rotatable bonds is 5. The van der Waals surface area contributed by atoms with Crippen molar-refractivity contribution in [1.29, 1.82) is 0 Å². The molecule has 100 valence electrons. The molecule has 0 fully saturated rings. The number of hydrogen-bond acceptors (Lipinski definition) is 5. The molecule has 10 heteroatoms. The molecule has 0 radical (unpaired) electrons. The lowest BCUT2D eigenvalue weighted by atomic mass is 10.6. The van der Waals surface area contributed by atoms with Crippen LogP contribution in [0.25, 0.3) is 0 Å². The van der Waals surface area contributed by atoms with E-state index in [1.165, 1.54) is 6.92 Å². The highest BCUT2D eigenvalue weighted by Gasteiger charge is 2.27. The van der Waals surface area contributed by atoms with E-state index in [0.29, 0.717) is 4.31 Å². The summed E-state index contributed by atoms with van der Waals surface area (Å²) in [6, 6.07) is 0. The first-order valence-electron chi connectivity index (χ1n) is 4.83. The van der Waals surface area contributed by atoms with Crippen molar-refractivity contribution < 1.29 is 18.3 Å². The summed E-state index contributed by atoms with van der Waals surface area (Å²) >= 11 is 0. The SMILES string of the molecule is CCN(CC(=O)O)S(=O)(=O)c1c[nH]c(=O)[nH]c1=O. The molecule has 1 aromatic rings. The van der Waals surface area contributed by atoms with Gasteiger partial charge in [0.1, 0.15) is 6.54 Å². The molecule has 0 atom stereocenters. The van der Waals surface area contributed by atoms with Crippen LogP contribution >= 0.6 is 0 Å². The molecule has 1 aromatic heterocycles. The van der Waals surface area contributed by atoms with E-state index in [9.17, 15) is 22.8 Å². The summed E-state index contributed by atoms with van der Waals surface area (Å²) in [7, 11) is -4.26. The number of carboxylic acid groups (broad SMARTS) is 1. The third kappa shape index (κ3) is 2.84. The number of aromatic amines is 2. The van der Waals surface area contributed by atoms with Crippen LogP contribution < -0.4 is 11.2 Å². The number of nitrogens with zero attached hydrogens (tertiary/aromatic N) is 1. The number of sulfonamides is 1. The van der Waals surface area contributed by atoms with Crippen molar-refractivity contribution in [3.8, 4) is 0 Å². The predicted octanol–water partition coefficient (Wildman–Crippen LogP) is -1.84. The summed E-state index contributed by atoms with van der Waals surface area (Å²) < 4.78 is 24.5. The van der Waals surface area contributed by atoms with E-state index < -0.39 is 38.7 Å². The Kier molecular flexibility index (Phi) is 4.03. The molecule has 0 spiro atoms. The van der Waals surface area contributed by atoms with E-state index >= 15 is 0 Å². The summed E-state index contributed by atoms with van der Waals surface area (Å²) in [4.78, 5) is 35.7. The molecule has 0 bridgehead atoms. The number of H-pyrrole nitrogens is 2. The Morgan fingerprint density at radius 1 is 1.44 bits per heavy atom. The van der Waals surface area contributed by atoms with Crippen LogP contribution in [0.2, 0.25) is 0 Å². The van der Waals surface area contributed by atoms with Crippen LogP contribution in [0.1, 0.15) is 6.92 Å². The summed E-state index contributed by atoms with van der Waals surface area (Å²) in [6.07, 6.45) is 0.737. The molecule has 9 nitrogen and oxygen atoms in total. The maximum absolute atomic E-state index is 12.0. The molecule has 0 amide bonds. The van der Waals surface area contributed by atoms with Crippen molar-refractivity contribution in [3.05, 3.63) is 27.0 Å². The van der Waals surface area contributed by atoms with Gasteiger partial charge in [-0.1, -0.05) is 6.92 Å². The van der Waals surface area contributed by atoms with Crippen LogP contribution in [-0.2, 0) is 14.8 Å². The average Bonchev–Trinajstić information content (AvgIpc) is 2.24. The Bertz CT molecular complexity index is 658. The number of nitrogens with one attached hydrogen (secondary N) is 2. The Morgan fingerprint density at radius 3 is 2.50 bits per heavy atom. The molecule has 0 aliphatic heterocycles. The molecule has 18 heavy (non-hydrogen) atoms. The highest BCUT2D eigenvalue weighted by molar-refractivity contribution is 7.89. The second-order valence-corrected chi connectivity index (χ2v) is 5.17. The summed E-state index contributed by atoms with van der Waals surface area (Å²) in [5, 5.41) is 8.59. The minimum absolute atomic E-state index is 0.118. The van der Waals surface area contributed by atoms with Gasteiger partial charge in [0.15, 0.2) is 4.90 Å². The molecule has 0 unspecified atom stereocenters. The molecule has 0 saturated carbocycles. The first-order valence-corrected chi connectivity index (χ1v) is 6.27. The van der Waals surface area contributed by atoms with Crippen LogP contribution in [0.5, 0.6) is 0 Å².